The quantitative estimate of drug-likeness (QED) is 0.864. The van der Waals surface area contributed by atoms with E-state index in [2.05, 4.69) is 9.88 Å². The molecular weight excluding hydrogens is 293 g/mol. The van der Waals surface area contributed by atoms with Crippen molar-refractivity contribution >= 4 is 16.6 Å². The minimum atomic E-state index is -4.35. The molecule has 3 rings (SSSR count). The van der Waals surface area contributed by atoms with Crippen LogP contribution in [0.2, 0.25) is 0 Å². The number of benzene rings is 1. The molecule has 1 aromatic carbocycles. The number of hydrogen-bond acceptors (Lipinski definition) is 3. The highest BCUT2D eigenvalue weighted by atomic mass is 19.4. The largest absolute Gasteiger partial charge is 0.416 e. The van der Waals surface area contributed by atoms with Crippen molar-refractivity contribution in [1.29, 1.82) is 0 Å². The number of nitrogens with zero attached hydrogens (tertiary/aromatic N) is 2. The summed E-state index contributed by atoms with van der Waals surface area (Å²) in [5, 5.41) is 0.733. The Labute approximate surface area is 126 Å². The zero-order valence-corrected chi connectivity index (χ0v) is 12.2. The molecule has 1 aromatic heterocycles. The molecule has 3 nitrogen and oxygen atoms in total. The van der Waals surface area contributed by atoms with Gasteiger partial charge in [-0.05, 0) is 24.6 Å². The molecule has 0 N–H and O–H groups in total. The summed E-state index contributed by atoms with van der Waals surface area (Å²) >= 11 is 0. The first-order valence-electron chi connectivity index (χ1n) is 7.20. The zero-order valence-electron chi connectivity index (χ0n) is 12.2. The third-order valence-electron chi connectivity index (χ3n) is 4.01. The minimum Gasteiger partial charge on any atom is -0.381 e. The molecule has 1 atom stereocenters. The monoisotopic (exact) mass is 310 g/mol. The summed E-state index contributed by atoms with van der Waals surface area (Å²) in [7, 11) is 1.95. The fourth-order valence-corrected chi connectivity index (χ4v) is 2.86. The Morgan fingerprint density at radius 3 is 2.82 bits per heavy atom. The Kier molecular flexibility index (Phi) is 3.95. The van der Waals surface area contributed by atoms with Gasteiger partial charge in [0.15, 0.2) is 0 Å². The first-order valence-corrected chi connectivity index (χ1v) is 7.20. The summed E-state index contributed by atoms with van der Waals surface area (Å²) < 4.78 is 43.8. The summed E-state index contributed by atoms with van der Waals surface area (Å²) in [5.41, 5.74) is 0.587. The van der Waals surface area contributed by atoms with Gasteiger partial charge in [0.2, 0.25) is 0 Å². The van der Waals surface area contributed by atoms with E-state index >= 15 is 0 Å². The van der Waals surface area contributed by atoms with Crippen LogP contribution in [0.15, 0.2) is 30.5 Å². The first kappa shape index (κ1) is 15.1. The van der Waals surface area contributed by atoms with Crippen LogP contribution in [0.3, 0.4) is 0 Å². The summed E-state index contributed by atoms with van der Waals surface area (Å²) in [6.45, 7) is 2.34. The Hall–Kier alpha value is -1.82. The lowest BCUT2D eigenvalue weighted by molar-refractivity contribution is -0.137. The Balaban J connectivity index is 1.92. The normalized spacial score (nSPS) is 18.8. The second-order valence-electron chi connectivity index (χ2n) is 5.67. The van der Waals surface area contributed by atoms with Gasteiger partial charge in [0.25, 0.3) is 0 Å². The third kappa shape index (κ3) is 3.02. The van der Waals surface area contributed by atoms with Crippen molar-refractivity contribution in [3.63, 3.8) is 0 Å². The number of hydrogen-bond donors (Lipinski definition) is 0. The van der Waals surface area contributed by atoms with Gasteiger partial charge in [-0.1, -0.05) is 6.07 Å². The Morgan fingerprint density at radius 2 is 2.14 bits per heavy atom. The molecule has 1 fully saturated rings. The van der Waals surface area contributed by atoms with Gasteiger partial charge < -0.3 is 9.64 Å². The van der Waals surface area contributed by atoms with Crippen molar-refractivity contribution in [2.45, 2.75) is 12.6 Å². The van der Waals surface area contributed by atoms with E-state index < -0.39 is 11.7 Å². The molecule has 0 radical (unpaired) electrons. The number of anilines is 1. The summed E-state index contributed by atoms with van der Waals surface area (Å²) in [6, 6.07) is 5.55. The molecule has 0 amide bonds. The number of pyridine rings is 1. The molecule has 1 aliphatic rings. The Morgan fingerprint density at radius 1 is 1.32 bits per heavy atom. The fourth-order valence-electron chi connectivity index (χ4n) is 2.86. The maximum atomic E-state index is 12.8. The van der Waals surface area contributed by atoms with E-state index in [1.165, 1.54) is 6.07 Å². The van der Waals surface area contributed by atoms with Crippen molar-refractivity contribution in [2.24, 2.45) is 5.92 Å². The van der Waals surface area contributed by atoms with E-state index in [-0.39, 0.29) is 0 Å². The highest BCUT2D eigenvalue weighted by molar-refractivity contribution is 5.91. The van der Waals surface area contributed by atoms with Gasteiger partial charge in [0.05, 0.1) is 17.7 Å². The number of alkyl halides is 3. The van der Waals surface area contributed by atoms with Gasteiger partial charge in [-0.25, -0.2) is 0 Å². The first-order chi connectivity index (χ1) is 10.4. The van der Waals surface area contributed by atoms with E-state index in [1.54, 1.807) is 6.20 Å². The minimum absolute atomic E-state index is 0.363. The molecule has 2 aromatic rings. The van der Waals surface area contributed by atoms with Crippen molar-refractivity contribution in [1.82, 2.24) is 4.98 Å². The SMILES string of the molecule is CN(CC1CCOC1)c1ccnc2cc(C(F)(F)F)ccc12. The molecule has 6 heteroatoms. The number of ether oxygens (including phenoxy) is 1. The van der Waals surface area contributed by atoms with Crippen LogP contribution in [0.5, 0.6) is 0 Å². The van der Waals surface area contributed by atoms with E-state index in [1.807, 2.05) is 13.1 Å². The van der Waals surface area contributed by atoms with Crippen LogP contribution in [-0.4, -0.2) is 31.8 Å². The zero-order chi connectivity index (χ0) is 15.7. The van der Waals surface area contributed by atoms with Crippen LogP contribution < -0.4 is 4.90 Å². The van der Waals surface area contributed by atoms with Gasteiger partial charge in [0.1, 0.15) is 0 Å². The summed E-state index contributed by atoms with van der Waals surface area (Å²) in [6.07, 6.45) is -1.77. The topological polar surface area (TPSA) is 25.4 Å². The number of halogens is 3. The molecule has 1 aliphatic heterocycles. The second-order valence-corrected chi connectivity index (χ2v) is 5.67. The average molecular weight is 310 g/mol. The van der Waals surface area contributed by atoms with Crippen molar-refractivity contribution in [3.05, 3.63) is 36.0 Å². The summed E-state index contributed by atoms with van der Waals surface area (Å²) in [4.78, 5) is 6.14. The number of fused-ring (bicyclic) bond motifs is 1. The van der Waals surface area contributed by atoms with E-state index in [0.717, 1.165) is 49.4 Å². The van der Waals surface area contributed by atoms with E-state index in [4.69, 9.17) is 4.74 Å². The molecular formula is C16H17F3N2O. The average Bonchev–Trinajstić information content (AvgIpc) is 2.98. The maximum Gasteiger partial charge on any atom is 0.416 e. The number of aromatic nitrogens is 1. The van der Waals surface area contributed by atoms with Gasteiger partial charge in [-0.3, -0.25) is 4.98 Å². The maximum absolute atomic E-state index is 12.8. The second kappa shape index (κ2) is 5.76. The van der Waals surface area contributed by atoms with Gasteiger partial charge in [-0.2, -0.15) is 13.2 Å². The fraction of sp³-hybridized carbons (Fsp3) is 0.438. The molecule has 118 valence electrons. The van der Waals surface area contributed by atoms with Crippen LogP contribution in [0.1, 0.15) is 12.0 Å². The summed E-state index contributed by atoms with van der Waals surface area (Å²) in [5.74, 6) is 0.461. The van der Waals surface area contributed by atoms with Gasteiger partial charge in [0, 0.05) is 43.4 Å². The van der Waals surface area contributed by atoms with Gasteiger partial charge in [-0.15, -0.1) is 0 Å². The van der Waals surface area contributed by atoms with Crippen LogP contribution in [0.4, 0.5) is 18.9 Å². The van der Waals surface area contributed by atoms with Crippen LogP contribution in [0.25, 0.3) is 10.9 Å². The lowest BCUT2D eigenvalue weighted by Gasteiger charge is -2.24. The molecule has 2 heterocycles. The van der Waals surface area contributed by atoms with Crippen LogP contribution >= 0.6 is 0 Å². The lowest BCUT2D eigenvalue weighted by atomic mass is 10.1. The predicted molar refractivity (Wildman–Crippen MR) is 78.9 cm³/mol. The molecule has 1 saturated heterocycles. The van der Waals surface area contributed by atoms with Crippen molar-refractivity contribution in [2.75, 3.05) is 31.7 Å². The molecule has 0 saturated carbocycles. The van der Waals surface area contributed by atoms with E-state index in [9.17, 15) is 13.2 Å². The van der Waals surface area contributed by atoms with Crippen molar-refractivity contribution < 1.29 is 17.9 Å². The molecule has 1 unspecified atom stereocenters. The van der Waals surface area contributed by atoms with Gasteiger partial charge >= 0.3 is 6.18 Å². The van der Waals surface area contributed by atoms with E-state index in [0.29, 0.717) is 11.4 Å². The lowest BCUT2D eigenvalue weighted by Crippen LogP contribution is -2.25. The highest BCUT2D eigenvalue weighted by Gasteiger charge is 2.30. The van der Waals surface area contributed by atoms with Crippen molar-refractivity contribution in [3.8, 4) is 0 Å². The van der Waals surface area contributed by atoms with Crippen LogP contribution in [0, 0.1) is 5.92 Å². The highest BCUT2D eigenvalue weighted by Crippen LogP contribution is 2.33. The molecule has 0 bridgehead atoms. The van der Waals surface area contributed by atoms with Crippen LogP contribution in [-0.2, 0) is 10.9 Å². The smallest absolute Gasteiger partial charge is 0.381 e. The Bertz CT molecular complexity index is 666. The molecule has 22 heavy (non-hydrogen) atoms. The third-order valence-corrected chi connectivity index (χ3v) is 4.01. The molecule has 0 spiro atoms. The molecule has 0 aliphatic carbocycles. The number of rotatable bonds is 3. The predicted octanol–water partition coefficient (Wildman–Crippen LogP) is 3.73. The standard InChI is InChI=1S/C16H17F3N2O/c1-21(9-11-5-7-22-10-11)15-4-6-20-14-8-12(16(17,18)19)2-3-13(14)15/h2-4,6,8,11H,5,7,9-10H2,1H3.